The first-order valence-electron chi connectivity index (χ1n) is 33.6. The van der Waals surface area contributed by atoms with E-state index < -0.39 is 26.5 Å². The highest BCUT2D eigenvalue weighted by Gasteiger charge is 2.26. The molecule has 0 radical (unpaired) electrons. The monoisotopic (exact) mass is 1120 g/mol. The van der Waals surface area contributed by atoms with Crippen LogP contribution in [0.3, 0.4) is 0 Å². The third-order valence-corrected chi connectivity index (χ3v) is 15.9. The van der Waals surface area contributed by atoms with Crippen LogP contribution in [0, 0.1) is 0 Å². The molecular formula is C68H128NO8P. The lowest BCUT2D eigenvalue weighted by molar-refractivity contribution is -0.161. The zero-order chi connectivity index (χ0) is 56.6. The van der Waals surface area contributed by atoms with Gasteiger partial charge in [-0.1, -0.05) is 300 Å². The van der Waals surface area contributed by atoms with Crippen LogP contribution in [0.4, 0.5) is 0 Å². The fraction of sp³-hybridized carbons (Fsp3) is 0.853. The summed E-state index contributed by atoms with van der Waals surface area (Å²) in [6.45, 7) is 3.77. The van der Waals surface area contributed by atoms with Crippen LogP contribution in [0.1, 0.15) is 341 Å². The zero-order valence-corrected chi connectivity index (χ0v) is 52.3. The van der Waals surface area contributed by atoms with Gasteiger partial charge in [-0.05, 0) is 77.0 Å². The van der Waals surface area contributed by atoms with Crippen LogP contribution < -0.4 is 5.73 Å². The van der Waals surface area contributed by atoms with Gasteiger partial charge in [0.2, 0.25) is 0 Å². The number of unbranched alkanes of at least 4 members (excludes halogenated alkanes) is 43. The molecule has 78 heavy (non-hydrogen) atoms. The fourth-order valence-electron chi connectivity index (χ4n) is 9.94. The van der Waals surface area contributed by atoms with Crippen LogP contribution in [0.5, 0.6) is 0 Å². The summed E-state index contributed by atoms with van der Waals surface area (Å²) < 4.78 is 33.1. The maximum Gasteiger partial charge on any atom is 0.472 e. The van der Waals surface area contributed by atoms with Crippen LogP contribution in [-0.2, 0) is 32.7 Å². The van der Waals surface area contributed by atoms with Crippen LogP contribution in [0.25, 0.3) is 0 Å². The molecule has 2 unspecified atom stereocenters. The summed E-state index contributed by atoms with van der Waals surface area (Å²) in [6.07, 6.45) is 80.7. The van der Waals surface area contributed by atoms with E-state index in [1.54, 1.807) is 0 Å². The third kappa shape index (κ3) is 63.2. The topological polar surface area (TPSA) is 134 Å². The molecule has 2 atom stereocenters. The quantitative estimate of drug-likeness (QED) is 0.0264. The van der Waals surface area contributed by atoms with Gasteiger partial charge in [0, 0.05) is 19.4 Å². The van der Waals surface area contributed by atoms with Gasteiger partial charge in [0.15, 0.2) is 6.10 Å². The average Bonchev–Trinajstić information content (AvgIpc) is 3.43. The van der Waals surface area contributed by atoms with E-state index in [2.05, 4.69) is 62.5 Å². The van der Waals surface area contributed by atoms with Crippen molar-refractivity contribution in [1.29, 1.82) is 0 Å². The summed E-state index contributed by atoms with van der Waals surface area (Å²) in [7, 11) is -4.39. The number of ether oxygens (including phenoxy) is 2. The number of allylic oxidation sites excluding steroid dienone is 8. The van der Waals surface area contributed by atoms with Gasteiger partial charge in [-0.2, -0.15) is 0 Å². The molecule has 0 fully saturated rings. The van der Waals surface area contributed by atoms with E-state index in [0.717, 1.165) is 51.4 Å². The van der Waals surface area contributed by atoms with Gasteiger partial charge < -0.3 is 20.1 Å². The van der Waals surface area contributed by atoms with Crippen molar-refractivity contribution in [2.45, 2.75) is 347 Å². The summed E-state index contributed by atoms with van der Waals surface area (Å²) in [5.74, 6) is -0.816. The summed E-state index contributed by atoms with van der Waals surface area (Å²) in [5, 5.41) is 0. The van der Waals surface area contributed by atoms with E-state index in [-0.39, 0.29) is 38.6 Å². The Kier molecular flexibility index (Phi) is 62.5. The minimum atomic E-state index is -4.39. The molecule has 0 bridgehead atoms. The van der Waals surface area contributed by atoms with Gasteiger partial charge in [-0.15, -0.1) is 0 Å². The molecule has 0 aliphatic carbocycles. The van der Waals surface area contributed by atoms with Gasteiger partial charge in [0.25, 0.3) is 0 Å². The van der Waals surface area contributed by atoms with Crippen LogP contribution >= 0.6 is 7.82 Å². The molecule has 0 aliphatic rings. The third-order valence-electron chi connectivity index (χ3n) is 14.9. The van der Waals surface area contributed by atoms with Crippen LogP contribution in [-0.4, -0.2) is 49.3 Å². The van der Waals surface area contributed by atoms with Gasteiger partial charge >= 0.3 is 19.8 Å². The number of hydrogen-bond acceptors (Lipinski definition) is 8. The lowest BCUT2D eigenvalue weighted by Gasteiger charge is -2.19. The van der Waals surface area contributed by atoms with E-state index in [1.165, 1.54) is 257 Å². The van der Waals surface area contributed by atoms with Crippen molar-refractivity contribution in [3.05, 3.63) is 48.6 Å². The van der Waals surface area contributed by atoms with Crippen molar-refractivity contribution in [1.82, 2.24) is 0 Å². The molecule has 458 valence electrons. The maximum absolute atomic E-state index is 12.7. The van der Waals surface area contributed by atoms with Crippen LogP contribution in [0.15, 0.2) is 48.6 Å². The summed E-state index contributed by atoms with van der Waals surface area (Å²) >= 11 is 0. The molecule has 0 aromatic rings. The van der Waals surface area contributed by atoms with Crippen molar-refractivity contribution in [3.8, 4) is 0 Å². The lowest BCUT2D eigenvalue weighted by Crippen LogP contribution is -2.29. The number of nitrogens with two attached hydrogens (primary N) is 1. The minimum Gasteiger partial charge on any atom is -0.462 e. The minimum absolute atomic E-state index is 0.0544. The highest BCUT2D eigenvalue weighted by Crippen LogP contribution is 2.43. The molecule has 0 spiro atoms. The van der Waals surface area contributed by atoms with Gasteiger partial charge in [0.05, 0.1) is 13.2 Å². The first-order chi connectivity index (χ1) is 38.3. The van der Waals surface area contributed by atoms with E-state index in [0.29, 0.717) is 6.42 Å². The van der Waals surface area contributed by atoms with Gasteiger partial charge in [0.1, 0.15) is 6.61 Å². The number of carbonyl (C=O) groups is 2. The number of esters is 2. The second kappa shape index (κ2) is 64.1. The Morgan fingerprint density at radius 3 is 1.00 bits per heavy atom. The standard InChI is InChI=1S/C68H128NO8P/c1-3-5-7-9-11-13-15-17-19-21-23-24-25-26-27-28-29-30-31-32-33-34-35-36-37-38-39-40-41-42-43-45-47-49-51-53-55-57-59-61-68(71)77-66(65-76-78(72,73)75-63-62-69)64-74-67(70)60-58-56-54-52-50-48-46-44-22-20-18-16-14-12-10-8-6-4-2/h15,17,20-23,25-26,66H,3-14,16,18-19,24,27-65,69H2,1-2H3,(H,72,73)/b17-15-,22-20-,23-21-,26-25-. The summed E-state index contributed by atoms with van der Waals surface area (Å²) in [6, 6.07) is 0. The molecule has 0 saturated carbocycles. The molecule has 0 heterocycles. The number of rotatable bonds is 64. The van der Waals surface area contributed by atoms with E-state index >= 15 is 0 Å². The van der Waals surface area contributed by atoms with Gasteiger partial charge in [-0.3, -0.25) is 18.6 Å². The summed E-state index contributed by atoms with van der Waals surface area (Å²) in [4.78, 5) is 35.2. The highest BCUT2D eigenvalue weighted by atomic mass is 31.2. The Balaban J connectivity index is 3.78. The molecule has 9 nitrogen and oxygen atoms in total. The molecule has 3 N–H and O–H groups in total. The number of hydrogen-bond donors (Lipinski definition) is 2. The molecule has 0 aliphatic heterocycles. The second-order valence-electron chi connectivity index (χ2n) is 22.7. The Labute approximate surface area is 483 Å². The zero-order valence-electron chi connectivity index (χ0n) is 51.4. The van der Waals surface area contributed by atoms with Crippen molar-refractivity contribution in [2.24, 2.45) is 5.73 Å². The largest absolute Gasteiger partial charge is 0.472 e. The van der Waals surface area contributed by atoms with Crippen molar-refractivity contribution in [3.63, 3.8) is 0 Å². The lowest BCUT2D eigenvalue weighted by atomic mass is 10.0. The highest BCUT2D eigenvalue weighted by molar-refractivity contribution is 7.47. The van der Waals surface area contributed by atoms with E-state index in [9.17, 15) is 19.0 Å². The first kappa shape index (κ1) is 76.0. The molecule has 0 saturated heterocycles. The van der Waals surface area contributed by atoms with Gasteiger partial charge in [-0.25, -0.2) is 4.57 Å². The normalized spacial score (nSPS) is 13.2. The first-order valence-corrected chi connectivity index (χ1v) is 35.1. The fourth-order valence-corrected chi connectivity index (χ4v) is 10.7. The average molecular weight is 1120 g/mol. The molecule has 0 aromatic heterocycles. The maximum atomic E-state index is 12.7. The molecular weight excluding hydrogens is 990 g/mol. The SMILES string of the molecule is CCCCCCC/C=C\C/C=C\C/C=C\CCCCCCCCCCCCCCCCCCCCCCCCCCC(=O)OC(COC(=O)CCCCCCCCC/C=C\CCCCCCCCC)COP(=O)(O)OCCN. The molecule has 0 aromatic carbocycles. The molecule has 0 amide bonds. The predicted octanol–water partition coefficient (Wildman–Crippen LogP) is 21.7. The predicted molar refractivity (Wildman–Crippen MR) is 335 cm³/mol. The Bertz CT molecular complexity index is 1420. The van der Waals surface area contributed by atoms with Crippen molar-refractivity contribution >= 4 is 19.8 Å². The number of carbonyl (C=O) groups excluding carboxylic acids is 2. The summed E-state index contributed by atoms with van der Waals surface area (Å²) in [5.41, 5.74) is 5.39. The Morgan fingerprint density at radius 1 is 0.385 bits per heavy atom. The van der Waals surface area contributed by atoms with Crippen molar-refractivity contribution < 1.29 is 37.6 Å². The molecule has 10 heteroatoms. The molecule has 0 rings (SSSR count). The Morgan fingerprint density at radius 2 is 0.667 bits per heavy atom. The van der Waals surface area contributed by atoms with Crippen LogP contribution in [0.2, 0.25) is 0 Å². The second-order valence-corrected chi connectivity index (χ2v) is 24.1. The Hall–Kier alpha value is -2.03. The van der Waals surface area contributed by atoms with E-state index in [4.69, 9.17) is 24.3 Å². The number of phosphoric acid groups is 1. The van der Waals surface area contributed by atoms with Crippen molar-refractivity contribution in [2.75, 3.05) is 26.4 Å². The smallest absolute Gasteiger partial charge is 0.462 e. The number of phosphoric ester groups is 1. The van der Waals surface area contributed by atoms with E-state index in [1.807, 2.05) is 0 Å².